The van der Waals surface area contributed by atoms with Crippen LogP contribution in [-0.4, -0.2) is 38.6 Å². The van der Waals surface area contributed by atoms with Gasteiger partial charge in [0.05, 0.1) is 13.2 Å². The summed E-state index contributed by atoms with van der Waals surface area (Å²) in [6.45, 7) is 7.50. The Balaban J connectivity index is 1.29. The van der Waals surface area contributed by atoms with Crippen LogP contribution in [0.25, 0.3) is 5.57 Å². The van der Waals surface area contributed by atoms with Gasteiger partial charge in [0.25, 0.3) is 0 Å². The van der Waals surface area contributed by atoms with Crippen molar-refractivity contribution in [3.05, 3.63) is 77.4 Å². The topological polar surface area (TPSA) is 43.5 Å². The molecule has 36 heavy (non-hydrogen) atoms. The van der Waals surface area contributed by atoms with E-state index in [0.29, 0.717) is 25.0 Å². The van der Waals surface area contributed by atoms with Gasteiger partial charge in [-0.3, -0.25) is 0 Å². The van der Waals surface area contributed by atoms with Crippen molar-refractivity contribution in [2.75, 3.05) is 26.4 Å². The fraction of sp³-hybridized carbons (Fsp3) is 0.500. The largest absolute Gasteiger partial charge is 0.491 e. The highest BCUT2D eigenvalue weighted by molar-refractivity contribution is 5.79. The molecule has 4 atom stereocenters. The molecule has 5 rings (SSSR count). The number of benzene rings is 2. The van der Waals surface area contributed by atoms with E-state index in [4.69, 9.17) is 18.9 Å². The first-order chi connectivity index (χ1) is 17.7. The Kier molecular flexibility index (Phi) is 8.45. The molecule has 192 valence electrons. The first kappa shape index (κ1) is 25.1. The van der Waals surface area contributed by atoms with E-state index >= 15 is 0 Å². The van der Waals surface area contributed by atoms with E-state index in [1.54, 1.807) is 0 Å². The lowest BCUT2D eigenvalue weighted by Gasteiger charge is -2.22. The zero-order chi connectivity index (χ0) is 24.7. The van der Waals surface area contributed by atoms with Crippen LogP contribution in [0.3, 0.4) is 0 Å². The molecule has 2 aliphatic heterocycles. The van der Waals surface area contributed by atoms with Crippen LogP contribution in [0, 0.1) is 5.92 Å². The first-order valence-corrected chi connectivity index (χ1v) is 13.8. The van der Waals surface area contributed by atoms with E-state index in [0.717, 1.165) is 37.6 Å². The van der Waals surface area contributed by atoms with Gasteiger partial charge in [0.1, 0.15) is 36.9 Å². The van der Waals surface area contributed by atoms with Crippen LogP contribution in [-0.2, 0) is 15.9 Å². The molecular formula is C32H40O4. The molecule has 0 spiro atoms. The Morgan fingerprint density at radius 2 is 1.69 bits per heavy atom. The summed E-state index contributed by atoms with van der Waals surface area (Å²) in [6, 6.07) is 15.2. The fourth-order valence-corrected chi connectivity index (χ4v) is 4.97. The zero-order valence-electron chi connectivity index (χ0n) is 21.8. The predicted molar refractivity (Wildman–Crippen MR) is 145 cm³/mol. The summed E-state index contributed by atoms with van der Waals surface area (Å²) in [5, 5.41) is 0. The normalized spacial score (nSPS) is 23.2. The molecule has 0 bridgehead atoms. The number of ether oxygens (including phenoxy) is 4. The van der Waals surface area contributed by atoms with Crippen molar-refractivity contribution in [2.24, 2.45) is 5.92 Å². The summed E-state index contributed by atoms with van der Waals surface area (Å²) >= 11 is 0. The number of rotatable bonds is 14. The Labute approximate surface area is 216 Å². The molecule has 2 aromatic carbocycles. The number of allylic oxidation sites excluding steroid dienone is 4. The van der Waals surface area contributed by atoms with E-state index in [1.165, 1.54) is 47.9 Å². The maximum Gasteiger partial charge on any atom is 0.130 e. The third kappa shape index (κ3) is 6.80. The van der Waals surface area contributed by atoms with E-state index in [1.807, 2.05) is 0 Å². The molecule has 4 nitrogen and oxygen atoms in total. The molecular weight excluding hydrogens is 448 g/mol. The highest BCUT2D eigenvalue weighted by Gasteiger charge is 2.26. The van der Waals surface area contributed by atoms with Crippen molar-refractivity contribution in [1.29, 1.82) is 0 Å². The van der Waals surface area contributed by atoms with Gasteiger partial charge in [0.2, 0.25) is 0 Å². The van der Waals surface area contributed by atoms with Gasteiger partial charge in [-0.25, -0.2) is 0 Å². The minimum atomic E-state index is 0.247. The average molecular weight is 489 g/mol. The summed E-state index contributed by atoms with van der Waals surface area (Å²) in [5.41, 5.74) is 5.11. The number of para-hydroxylation sites is 1. The van der Waals surface area contributed by atoms with Gasteiger partial charge < -0.3 is 18.9 Å². The van der Waals surface area contributed by atoms with E-state index < -0.39 is 0 Å². The van der Waals surface area contributed by atoms with Crippen molar-refractivity contribution in [2.45, 2.75) is 70.5 Å². The number of epoxide rings is 2. The minimum Gasteiger partial charge on any atom is -0.491 e. The fourth-order valence-electron chi connectivity index (χ4n) is 4.97. The smallest absolute Gasteiger partial charge is 0.130 e. The molecule has 0 N–H and O–H groups in total. The van der Waals surface area contributed by atoms with Crippen molar-refractivity contribution >= 4 is 5.57 Å². The lowest BCUT2D eigenvalue weighted by molar-refractivity contribution is 0.259. The molecule has 1 aliphatic carbocycles. The first-order valence-electron chi connectivity index (χ1n) is 13.8. The predicted octanol–water partition coefficient (Wildman–Crippen LogP) is 7.13. The van der Waals surface area contributed by atoms with Gasteiger partial charge >= 0.3 is 0 Å². The highest BCUT2D eigenvalue weighted by atomic mass is 16.6. The third-order valence-corrected chi connectivity index (χ3v) is 7.52. The number of unbranched alkanes of at least 4 members (excludes halogenated alkanes) is 1. The molecule has 2 fully saturated rings. The third-order valence-electron chi connectivity index (χ3n) is 7.52. The maximum absolute atomic E-state index is 6.44. The van der Waals surface area contributed by atoms with Gasteiger partial charge in [-0.15, -0.1) is 0 Å². The summed E-state index contributed by atoms with van der Waals surface area (Å²) in [4.78, 5) is 0. The molecule has 4 heteroatoms. The van der Waals surface area contributed by atoms with Crippen LogP contribution in [0.2, 0.25) is 0 Å². The van der Waals surface area contributed by atoms with Crippen molar-refractivity contribution in [3.63, 3.8) is 0 Å². The SMILES string of the molecule is CCCCC(CC)Cc1cccc(C2=CCC(c3ccc(OCC4CO4)cc3)C=C2)c1OCC1CO1. The average Bonchev–Trinajstić information content (AvgIpc) is 3.85. The van der Waals surface area contributed by atoms with E-state index in [-0.39, 0.29) is 12.2 Å². The lowest BCUT2D eigenvalue weighted by atomic mass is 9.86. The standard InChI is InChI=1S/C32H40O4/c1-3-5-7-23(4-2)18-27-8-6-9-31(32(27)36-22-30-21-35-30)26-12-10-24(11-13-26)25-14-16-28(17-15-25)33-19-29-20-34-29/h6,8-10,12-17,23-24,29-30H,3-5,7,11,18-22H2,1-2H3. The van der Waals surface area contributed by atoms with Gasteiger partial charge in [0.15, 0.2) is 0 Å². The monoisotopic (exact) mass is 488 g/mol. The molecule has 3 aliphatic rings. The van der Waals surface area contributed by atoms with Crippen LogP contribution in [0.1, 0.15) is 68.6 Å². The molecule has 2 heterocycles. The molecule has 4 unspecified atom stereocenters. The molecule has 2 saturated heterocycles. The summed E-state index contributed by atoms with van der Waals surface area (Å²) in [6.07, 6.45) is 14.6. The Hall–Kier alpha value is -2.56. The number of hydrogen-bond donors (Lipinski definition) is 0. The van der Waals surface area contributed by atoms with Crippen LogP contribution in [0.4, 0.5) is 0 Å². The van der Waals surface area contributed by atoms with Crippen LogP contribution in [0.15, 0.2) is 60.7 Å². The van der Waals surface area contributed by atoms with Crippen molar-refractivity contribution in [3.8, 4) is 11.5 Å². The highest BCUT2D eigenvalue weighted by Crippen LogP contribution is 2.38. The molecule has 0 aromatic heterocycles. The van der Waals surface area contributed by atoms with Crippen LogP contribution < -0.4 is 9.47 Å². The second-order valence-electron chi connectivity index (χ2n) is 10.4. The van der Waals surface area contributed by atoms with Gasteiger partial charge in [-0.1, -0.05) is 88.1 Å². The lowest BCUT2D eigenvalue weighted by Crippen LogP contribution is -2.11. The minimum absolute atomic E-state index is 0.247. The molecule has 0 radical (unpaired) electrons. The zero-order valence-corrected chi connectivity index (χ0v) is 21.8. The van der Waals surface area contributed by atoms with Crippen molar-refractivity contribution < 1.29 is 18.9 Å². The van der Waals surface area contributed by atoms with Gasteiger partial charge in [0, 0.05) is 11.5 Å². The van der Waals surface area contributed by atoms with Crippen molar-refractivity contribution in [1.82, 2.24) is 0 Å². The van der Waals surface area contributed by atoms with E-state index in [2.05, 4.69) is 74.5 Å². The van der Waals surface area contributed by atoms with Gasteiger partial charge in [-0.2, -0.15) is 0 Å². The van der Waals surface area contributed by atoms with Crippen LogP contribution in [0.5, 0.6) is 11.5 Å². The summed E-state index contributed by atoms with van der Waals surface area (Å²) in [5.74, 6) is 3.04. The molecule has 0 saturated carbocycles. The second kappa shape index (κ2) is 12.1. The summed E-state index contributed by atoms with van der Waals surface area (Å²) < 4.78 is 22.9. The Bertz CT molecular complexity index is 1050. The van der Waals surface area contributed by atoms with Gasteiger partial charge in [-0.05, 0) is 47.6 Å². The maximum atomic E-state index is 6.44. The summed E-state index contributed by atoms with van der Waals surface area (Å²) in [7, 11) is 0. The van der Waals surface area contributed by atoms with Crippen LogP contribution >= 0.6 is 0 Å². The quantitative estimate of drug-likeness (QED) is 0.265. The Morgan fingerprint density at radius 1 is 0.944 bits per heavy atom. The molecule has 0 amide bonds. The Morgan fingerprint density at radius 3 is 2.33 bits per heavy atom. The number of hydrogen-bond acceptors (Lipinski definition) is 4. The van der Waals surface area contributed by atoms with E-state index in [9.17, 15) is 0 Å². The molecule has 2 aromatic rings. The second-order valence-corrected chi connectivity index (χ2v) is 10.4.